The number of hydrogen-bond donors (Lipinski definition) is 1. The van der Waals surface area contributed by atoms with Crippen molar-refractivity contribution in [2.24, 2.45) is 0 Å². The minimum absolute atomic E-state index is 0.0957. The Balaban J connectivity index is 2.27. The standard InChI is InChI=1S/C20H19F3N2O6S/c1-10-14-16(26)25(9-11-4-5-12(30-2)8-13(11)31-3)19(29)24(7-6-20(21,22)23)17(14)32-15(10)18(27)28/h4-5,8H,6-7,9H2,1-3H3,(H,27,28). The molecular weight excluding hydrogens is 453 g/mol. The molecule has 0 fully saturated rings. The molecule has 12 heteroatoms. The summed E-state index contributed by atoms with van der Waals surface area (Å²) in [7, 11) is 2.83. The minimum Gasteiger partial charge on any atom is -0.497 e. The number of benzene rings is 1. The van der Waals surface area contributed by atoms with E-state index < -0.39 is 36.4 Å². The zero-order valence-corrected chi connectivity index (χ0v) is 18.1. The van der Waals surface area contributed by atoms with Crippen molar-refractivity contribution in [3.8, 4) is 11.5 Å². The Morgan fingerprint density at radius 2 is 1.84 bits per heavy atom. The second kappa shape index (κ2) is 8.69. The van der Waals surface area contributed by atoms with E-state index in [4.69, 9.17) is 9.47 Å². The van der Waals surface area contributed by atoms with Crippen molar-refractivity contribution in [2.75, 3.05) is 14.2 Å². The maximum absolute atomic E-state index is 13.2. The maximum atomic E-state index is 13.2. The number of thiophene rings is 1. The fraction of sp³-hybridized carbons (Fsp3) is 0.350. The highest BCUT2D eigenvalue weighted by Crippen LogP contribution is 2.30. The van der Waals surface area contributed by atoms with Crippen molar-refractivity contribution in [2.45, 2.75) is 32.6 Å². The van der Waals surface area contributed by atoms with E-state index in [9.17, 15) is 32.7 Å². The lowest BCUT2D eigenvalue weighted by atomic mass is 10.1. The van der Waals surface area contributed by atoms with Gasteiger partial charge in [-0.05, 0) is 24.6 Å². The summed E-state index contributed by atoms with van der Waals surface area (Å²) in [5, 5.41) is 9.31. The van der Waals surface area contributed by atoms with Gasteiger partial charge in [0.25, 0.3) is 5.56 Å². The molecule has 0 radical (unpaired) electrons. The molecule has 3 rings (SSSR count). The normalized spacial score (nSPS) is 11.7. The zero-order valence-electron chi connectivity index (χ0n) is 17.3. The smallest absolute Gasteiger partial charge is 0.390 e. The van der Waals surface area contributed by atoms with Gasteiger partial charge in [-0.25, -0.2) is 9.59 Å². The van der Waals surface area contributed by atoms with Gasteiger partial charge in [0.2, 0.25) is 0 Å². The summed E-state index contributed by atoms with van der Waals surface area (Å²) < 4.78 is 50.6. The predicted octanol–water partition coefficient (Wildman–Crippen LogP) is 3.25. The van der Waals surface area contributed by atoms with Gasteiger partial charge in [0.15, 0.2) is 0 Å². The second-order valence-electron chi connectivity index (χ2n) is 6.91. The van der Waals surface area contributed by atoms with Gasteiger partial charge in [0.1, 0.15) is 21.2 Å². The molecule has 8 nitrogen and oxygen atoms in total. The molecule has 0 unspecified atom stereocenters. The van der Waals surface area contributed by atoms with E-state index in [-0.39, 0.29) is 27.2 Å². The molecule has 0 saturated heterocycles. The van der Waals surface area contributed by atoms with Crippen molar-refractivity contribution in [3.05, 3.63) is 55.0 Å². The number of carbonyl (C=O) groups is 1. The van der Waals surface area contributed by atoms with Gasteiger partial charge in [-0.2, -0.15) is 13.2 Å². The van der Waals surface area contributed by atoms with E-state index >= 15 is 0 Å². The number of fused-ring (bicyclic) bond motifs is 1. The number of aromatic carboxylic acids is 1. The van der Waals surface area contributed by atoms with Crippen LogP contribution in [0, 0.1) is 6.92 Å². The van der Waals surface area contributed by atoms with Crippen LogP contribution in [0.1, 0.15) is 27.2 Å². The maximum Gasteiger partial charge on any atom is 0.390 e. The van der Waals surface area contributed by atoms with Gasteiger partial charge in [-0.3, -0.25) is 13.9 Å². The number of ether oxygens (including phenoxy) is 2. The number of methoxy groups -OCH3 is 2. The number of aromatic nitrogens is 2. The van der Waals surface area contributed by atoms with Crippen LogP contribution < -0.4 is 20.7 Å². The molecule has 2 aromatic heterocycles. The van der Waals surface area contributed by atoms with Gasteiger partial charge in [-0.15, -0.1) is 11.3 Å². The molecule has 3 aromatic rings. The number of carboxylic acids is 1. The number of halogens is 3. The molecule has 0 aliphatic carbocycles. The first-order valence-corrected chi connectivity index (χ1v) is 10.1. The fourth-order valence-electron chi connectivity index (χ4n) is 3.33. The fourth-order valence-corrected chi connectivity index (χ4v) is 4.48. The molecule has 172 valence electrons. The number of carboxylic acid groups (broad SMARTS) is 1. The molecule has 32 heavy (non-hydrogen) atoms. The Hall–Kier alpha value is -3.28. The summed E-state index contributed by atoms with van der Waals surface area (Å²) in [6.07, 6.45) is -5.86. The first-order valence-electron chi connectivity index (χ1n) is 9.26. The topological polar surface area (TPSA) is 99.8 Å². The summed E-state index contributed by atoms with van der Waals surface area (Å²) in [5.41, 5.74) is -1.24. The van der Waals surface area contributed by atoms with E-state index in [1.807, 2.05) is 0 Å². The quantitative estimate of drug-likeness (QED) is 0.567. The Morgan fingerprint density at radius 1 is 1.16 bits per heavy atom. The number of nitrogens with zero attached hydrogens (tertiary/aromatic N) is 2. The molecule has 1 aromatic carbocycles. The Labute approximate surface area is 183 Å². The summed E-state index contributed by atoms with van der Waals surface area (Å²) in [5.74, 6) is -0.553. The van der Waals surface area contributed by atoms with Gasteiger partial charge in [0.05, 0.1) is 32.6 Å². The number of rotatable bonds is 7. The Morgan fingerprint density at radius 3 is 2.41 bits per heavy atom. The van der Waals surface area contributed by atoms with Crippen LogP contribution in [0.4, 0.5) is 13.2 Å². The zero-order chi connectivity index (χ0) is 23.8. The first kappa shape index (κ1) is 23.4. The van der Waals surface area contributed by atoms with E-state index in [0.29, 0.717) is 28.4 Å². The van der Waals surface area contributed by atoms with Crippen LogP contribution in [0.2, 0.25) is 0 Å². The number of hydrogen-bond acceptors (Lipinski definition) is 6. The molecule has 0 aliphatic heterocycles. The van der Waals surface area contributed by atoms with Gasteiger partial charge >= 0.3 is 17.8 Å². The molecule has 1 N–H and O–H groups in total. The van der Waals surface area contributed by atoms with E-state index in [1.54, 1.807) is 18.2 Å². The van der Waals surface area contributed by atoms with Crippen molar-refractivity contribution in [1.82, 2.24) is 9.13 Å². The highest BCUT2D eigenvalue weighted by atomic mass is 32.1. The van der Waals surface area contributed by atoms with Crippen LogP contribution in [0.15, 0.2) is 27.8 Å². The molecule has 0 amide bonds. The Kier molecular flexibility index (Phi) is 6.35. The molecule has 0 bridgehead atoms. The van der Waals surface area contributed by atoms with E-state index in [2.05, 4.69) is 0 Å². The molecule has 0 saturated carbocycles. The van der Waals surface area contributed by atoms with Crippen LogP contribution in [0.5, 0.6) is 11.5 Å². The van der Waals surface area contributed by atoms with Crippen LogP contribution in [0.25, 0.3) is 10.2 Å². The highest BCUT2D eigenvalue weighted by Gasteiger charge is 2.29. The van der Waals surface area contributed by atoms with Crippen LogP contribution in [-0.2, 0) is 13.1 Å². The lowest BCUT2D eigenvalue weighted by Gasteiger charge is -2.15. The van der Waals surface area contributed by atoms with Crippen molar-refractivity contribution >= 4 is 27.5 Å². The van der Waals surface area contributed by atoms with E-state index in [0.717, 1.165) is 9.13 Å². The molecular formula is C20H19F3N2O6S. The number of aryl methyl sites for hydroxylation is 2. The van der Waals surface area contributed by atoms with Crippen LogP contribution >= 0.6 is 11.3 Å². The molecule has 0 aliphatic rings. The van der Waals surface area contributed by atoms with Crippen molar-refractivity contribution in [1.29, 1.82) is 0 Å². The lowest BCUT2D eigenvalue weighted by Crippen LogP contribution is -2.40. The summed E-state index contributed by atoms with van der Waals surface area (Å²) in [4.78, 5) is 37.5. The third kappa shape index (κ3) is 4.35. The van der Waals surface area contributed by atoms with Crippen molar-refractivity contribution < 1.29 is 32.5 Å². The second-order valence-corrected chi connectivity index (χ2v) is 7.91. The van der Waals surface area contributed by atoms with Gasteiger partial charge in [0, 0.05) is 18.2 Å². The summed E-state index contributed by atoms with van der Waals surface area (Å²) in [6.45, 7) is 0.350. The summed E-state index contributed by atoms with van der Waals surface area (Å²) in [6, 6.07) is 4.69. The SMILES string of the molecule is COc1ccc(Cn2c(=O)c3c(C)c(C(=O)O)sc3n(CCC(F)(F)F)c2=O)c(OC)c1. The van der Waals surface area contributed by atoms with Gasteiger partial charge in [-0.1, -0.05) is 0 Å². The lowest BCUT2D eigenvalue weighted by molar-refractivity contribution is -0.136. The average molecular weight is 472 g/mol. The average Bonchev–Trinajstić information content (AvgIpc) is 3.07. The molecule has 2 heterocycles. The van der Waals surface area contributed by atoms with Crippen LogP contribution in [-0.4, -0.2) is 40.6 Å². The van der Waals surface area contributed by atoms with Gasteiger partial charge < -0.3 is 14.6 Å². The summed E-state index contributed by atoms with van der Waals surface area (Å²) >= 11 is 0.607. The Bertz CT molecular complexity index is 1310. The largest absolute Gasteiger partial charge is 0.497 e. The van der Waals surface area contributed by atoms with Crippen molar-refractivity contribution in [3.63, 3.8) is 0 Å². The predicted molar refractivity (Wildman–Crippen MR) is 111 cm³/mol. The van der Waals surface area contributed by atoms with E-state index in [1.165, 1.54) is 21.1 Å². The molecule has 0 atom stereocenters. The highest BCUT2D eigenvalue weighted by molar-refractivity contribution is 7.20. The van der Waals surface area contributed by atoms with Crippen LogP contribution in [0.3, 0.4) is 0 Å². The third-order valence-corrected chi connectivity index (χ3v) is 6.23. The monoisotopic (exact) mass is 472 g/mol. The molecule has 0 spiro atoms. The minimum atomic E-state index is -4.55. The number of alkyl halides is 3. The first-order chi connectivity index (χ1) is 15.0. The third-order valence-electron chi connectivity index (χ3n) is 4.93.